The third kappa shape index (κ3) is 7.55. The summed E-state index contributed by atoms with van der Waals surface area (Å²) < 4.78 is 32.1. The van der Waals surface area contributed by atoms with Crippen molar-refractivity contribution in [3.05, 3.63) is 108 Å². The quantitative estimate of drug-likeness (QED) is 0.0305. The van der Waals surface area contributed by atoms with Crippen LogP contribution >= 0.6 is 0 Å². The lowest BCUT2D eigenvalue weighted by atomic mass is 10.0. The number of allylic oxidation sites excluding steroid dienone is 3. The van der Waals surface area contributed by atoms with Gasteiger partial charge in [0.1, 0.15) is 16.9 Å². The van der Waals surface area contributed by atoms with Gasteiger partial charge < -0.3 is 16.6 Å². The molecular formula is C33H28N8O6S. The molecule has 0 saturated carbocycles. The monoisotopic (exact) mass is 664 g/mol. The molecule has 48 heavy (non-hydrogen) atoms. The summed E-state index contributed by atoms with van der Waals surface area (Å²) in [6, 6.07) is 20.3. The van der Waals surface area contributed by atoms with Crippen molar-refractivity contribution < 1.29 is 27.7 Å². The third-order valence-electron chi connectivity index (χ3n) is 7.15. The van der Waals surface area contributed by atoms with Gasteiger partial charge in [-0.05, 0) is 103 Å². The minimum Gasteiger partial charge on any atom is -0.478 e. The number of nitrogens with zero attached hydrogens (tertiary/aromatic N) is 5. The highest BCUT2D eigenvalue weighted by atomic mass is 32.2. The molecule has 0 amide bonds. The molecule has 0 aromatic heterocycles. The molecule has 0 bridgehead atoms. The van der Waals surface area contributed by atoms with Crippen molar-refractivity contribution in [2.75, 3.05) is 16.9 Å². The Morgan fingerprint density at radius 3 is 2.04 bits per heavy atom. The zero-order valence-electron chi connectivity index (χ0n) is 25.5. The smallest absolute Gasteiger partial charge is 0.339 e. The Morgan fingerprint density at radius 2 is 1.42 bits per heavy atom. The van der Waals surface area contributed by atoms with Crippen molar-refractivity contribution in [2.45, 2.75) is 18.7 Å². The second-order valence-electron chi connectivity index (χ2n) is 10.5. The summed E-state index contributed by atoms with van der Waals surface area (Å²) in [5.41, 5.74) is 20.9. The number of aliphatic carboxylic acids is 1. The number of carboxylic acids is 1. The summed E-state index contributed by atoms with van der Waals surface area (Å²) >= 11 is 0. The lowest BCUT2D eigenvalue weighted by molar-refractivity contribution is -0.134. The number of hydrogen-bond donors (Lipinski definition) is 5. The molecule has 0 saturated heterocycles. The van der Waals surface area contributed by atoms with Gasteiger partial charge >= 0.3 is 5.97 Å². The minimum atomic E-state index is -4.36. The summed E-state index contributed by atoms with van der Waals surface area (Å²) in [4.78, 5) is 22.6. The number of azo groups is 2. The van der Waals surface area contributed by atoms with Gasteiger partial charge in [-0.3, -0.25) is 14.8 Å². The van der Waals surface area contributed by atoms with Crippen LogP contribution in [-0.4, -0.2) is 35.5 Å². The predicted octanol–water partition coefficient (Wildman–Crippen LogP) is 7.13. The highest BCUT2D eigenvalue weighted by molar-refractivity contribution is 7.85. The lowest BCUT2D eigenvalue weighted by Gasteiger charge is -2.10. The van der Waals surface area contributed by atoms with Crippen LogP contribution in [0.3, 0.4) is 0 Å². The van der Waals surface area contributed by atoms with Gasteiger partial charge in [-0.1, -0.05) is 24.3 Å². The molecule has 0 fully saturated rings. The second kappa shape index (κ2) is 13.6. The third-order valence-corrected chi connectivity index (χ3v) is 8.00. The van der Waals surface area contributed by atoms with Crippen LogP contribution in [0, 0.1) is 13.8 Å². The number of hydrazone groups is 1. The first kappa shape index (κ1) is 33.1. The molecule has 1 aliphatic carbocycles. The van der Waals surface area contributed by atoms with E-state index < -0.39 is 21.9 Å². The van der Waals surface area contributed by atoms with Gasteiger partial charge in [-0.2, -0.15) is 23.7 Å². The number of nitrogen functional groups attached to an aromatic ring is 2. The van der Waals surface area contributed by atoms with Gasteiger partial charge in [-0.25, -0.2) is 4.79 Å². The Hall–Kier alpha value is -6.32. The summed E-state index contributed by atoms with van der Waals surface area (Å²) in [5, 5.41) is 30.3. The van der Waals surface area contributed by atoms with Crippen molar-refractivity contribution in [3.8, 4) is 11.1 Å². The predicted molar refractivity (Wildman–Crippen MR) is 182 cm³/mol. The number of carboxylic acid groups (broad SMARTS) is 1. The summed E-state index contributed by atoms with van der Waals surface area (Å²) in [6.45, 7) is 3.39. The standard InChI is InChI=1S/C33H28N8O6S/c1-18-15-25(48(45,46)47)12-13-27(18)39-41-32-30(34)19(2)16-28(31(32)35)40-37-23-9-5-21(6-10-23)20-3-7-22(8-4-20)36-38-24-11-14-29(42)26(17-24)33(43)44/h3-17,36H,34-35H2,1-2H3,(H,43,44)(H,45,46,47). The number of rotatable bonds is 9. The number of hydrogen-bond acceptors (Lipinski definition) is 12. The average Bonchev–Trinajstić information content (AvgIpc) is 3.06. The van der Waals surface area contributed by atoms with Crippen molar-refractivity contribution >= 4 is 67.4 Å². The van der Waals surface area contributed by atoms with Gasteiger partial charge in [0.15, 0.2) is 5.78 Å². The molecule has 7 N–H and O–H groups in total. The Bertz CT molecular complexity index is 2210. The molecule has 0 spiro atoms. The molecule has 4 aromatic carbocycles. The maximum Gasteiger partial charge on any atom is 0.339 e. The number of carbonyl (C=O) groups excluding carboxylic acids is 1. The topological polar surface area (TPSA) is 235 Å². The van der Waals surface area contributed by atoms with E-state index >= 15 is 0 Å². The van der Waals surface area contributed by atoms with E-state index in [1.54, 1.807) is 32.0 Å². The van der Waals surface area contributed by atoms with Gasteiger partial charge in [-0.15, -0.1) is 10.2 Å². The largest absolute Gasteiger partial charge is 0.478 e. The number of benzene rings is 4. The number of carbonyl (C=O) groups is 2. The van der Waals surface area contributed by atoms with Crippen LogP contribution in [0.5, 0.6) is 0 Å². The van der Waals surface area contributed by atoms with Crippen molar-refractivity contribution in [2.24, 2.45) is 25.6 Å². The van der Waals surface area contributed by atoms with E-state index in [9.17, 15) is 22.6 Å². The number of anilines is 3. The summed E-state index contributed by atoms with van der Waals surface area (Å²) in [5.74, 6) is -1.90. The first-order valence-electron chi connectivity index (χ1n) is 14.1. The Kier molecular flexibility index (Phi) is 9.35. The Morgan fingerprint density at radius 1 is 0.771 bits per heavy atom. The van der Waals surface area contributed by atoms with Crippen LogP contribution in [0.2, 0.25) is 0 Å². The van der Waals surface area contributed by atoms with E-state index in [0.29, 0.717) is 45.3 Å². The maximum atomic E-state index is 11.6. The van der Waals surface area contributed by atoms with Gasteiger partial charge in [0, 0.05) is 0 Å². The molecule has 5 rings (SSSR count). The van der Waals surface area contributed by atoms with Gasteiger partial charge in [0.25, 0.3) is 10.1 Å². The van der Waals surface area contributed by atoms with E-state index in [-0.39, 0.29) is 21.8 Å². The van der Waals surface area contributed by atoms with Crippen LogP contribution in [0.15, 0.2) is 127 Å². The molecule has 15 heteroatoms. The number of ketones is 1. The van der Waals surface area contributed by atoms with E-state index in [2.05, 4.69) is 31.0 Å². The number of aryl methyl sites for hydroxylation is 2. The van der Waals surface area contributed by atoms with Crippen LogP contribution < -0.4 is 16.9 Å². The van der Waals surface area contributed by atoms with Gasteiger partial charge in [0.2, 0.25) is 0 Å². The number of nitrogens with one attached hydrogen (secondary N) is 1. The van der Waals surface area contributed by atoms with Crippen LogP contribution in [0.25, 0.3) is 11.1 Å². The van der Waals surface area contributed by atoms with E-state index in [0.717, 1.165) is 17.2 Å². The fourth-order valence-corrected chi connectivity index (χ4v) is 5.03. The summed E-state index contributed by atoms with van der Waals surface area (Å²) in [7, 11) is -4.36. The molecule has 242 valence electrons. The molecule has 0 radical (unpaired) electrons. The zero-order chi connectivity index (χ0) is 34.6. The fraction of sp³-hybridized carbons (Fsp3) is 0.0606. The zero-order valence-corrected chi connectivity index (χ0v) is 26.3. The average molecular weight is 665 g/mol. The van der Waals surface area contributed by atoms with E-state index in [1.807, 2.05) is 36.4 Å². The van der Waals surface area contributed by atoms with E-state index in [1.165, 1.54) is 30.4 Å². The molecule has 4 aromatic rings. The first-order valence-corrected chi connectivity index (χ1v) is 15.6. The second-order valence-corrected chi connectivity index (χ2v) is 12.0. The molecule has 0 unspecified atom stereocenters. The highest BCUT2D eigenvalue weighted by Crippen LogP contribution is 2.41. The molecule has 0 heterocycles. The fourth-order valence-electron chi connectivity index (χ4n) is 4.46. The molecule has 1 aliphatic rings. The van der Waals surface area contributed by atoms with Crippen LogP contribution in [-0.2, 0) is 19.7 Å². The van der Waals surface area contributed by atoms with Crippen molar-refractivity contribution in [1.82, 2.24) is 0 Å². The van der Waals surface area contributed by atoms with Crippen LogP contribution in [0.4, 0.5) is 39.8 Å². The van der Waals surface area contributed by atoms with Gasteiger partial charge in [0.05, 0.1) is 39.0 Å². The molecule has 0 aliphatic heterocycles. The van der Waals surface area contributed by atoms with Crippen molar-refractivity contribution in [1.29, 1.82) is 0 Å². The van der Waals surface area contributed by atoms with Crippen molar-refractivity contribution in [3.63, 3.8) is 0 Å². The SMILES string of the molecule is Cc1cc(S(=O)(=O)O)ccc1N=Nc1c(N)c(C)cc(N=Nc2ccc(-c3ccc(NN=C4C=CC(=O)C(C(=O)O)=C4)cc3)cc2)c1N. The minimum absolute atomic E-state index is 0.152. The van der Waals surface area contributed by atoms with E-state index in [4.69, 9.17) is 16.6 Å². The number of nitrogens with two attached hydrogens (primary N) is 2. The maximum absolute atomic E-state index is 11.6. The Balaban J connectivity index is 1.29. The van der Waals surface area contributed by atoms with Crippen LogP contribution in [0.1, 0.15) is 11.1 Å². The Labute approximate surface area is 274 Å². The highest BCUT2D eigenvalue weighted by Gasteiger charge is 2.19. The summed E-state index contributed by atoms with van der Waals surface area (Å²) in [6.07, 6.45) is 3.80. The molecule has 14 nitrogen and oxygen atoms in total. The normalized spacial score (nSPS) is 14.2. The molecular weight excluding hydrogens is 636 g/mol. The first-order chi connectivity index (χ1) is 22.8. The molecule has 0 atom stereocenters. The lowest BCUT2D eigenvalue weighted by Crippen LogP contribution is -2.15.